The van der Waals surface area contributed by atoms with E-state index < -0.39 is 17.6 Å². The van der Waals surface area contributed by atoms with Crippen LogP contribution >= 0.6 is 0 Å². The smallest absolute Gasteiger partial charge is 0.325 e. The molecule has 0 aromatic rings. The molecule has 6 heteroatoms. The van der Waals surface area contributed by atoms with Crippen molar-refractivity contribution in [2.75, 3.05) is 13.1 Å². The van der Waals surface area contributed by atoms with E-state index in [0.29, 0.717) is 13.0 Å². The Morgan fingerprint density at radius 3 is 2.62 bits per heavy atom. The quantitative estimate of drug-likeness (QED) is 0.300. The normalized spacial score (nSPS) is 16.7. The Hall–Kier alpha value is -0.585. The molecule has 5 N–H and O–H groups in total. The van der Waals surface area contributed by atoms with Crippen LogP contribution in [0.3, 0.4) is 0 Å². The van der Waals surface area contributed by atoms with E-state index in [1.165, 1.54) is 0 Å². The van der Waals surface area contributed by atoms with Gasteiger partial charge in [-0.15, -0.1) is 0 Å². The summed E-state index contributed by atoms with van der Waals surface area (Å²) in [5.41, 5.74) is 4.61. The molecular weight excluding hydrogens is 207 g/mol. The Bertz CT molecular complexity index is 214. The molecule has 0 aliphatic heterocycles. The number of nitrogens with two attached hydrogens (primary N) is 1. The molecule has 0 heterocycles. The summed E-state index contributed by atoms with van der Waals surface area (Å²) in [6.07, 6.45) is 2.81. The predicted molar refractivity (Wildman–Crippen MR) is 66.3 cm³/mol. The number of carboxylic acids is 1. The largest absolute Gasteiger partial charge is 0.480 e. The first kappa shape index (κ1) is 15.4. The number of aliphatic hydroxyl groups is 1. The second kappa shape index (κ2) is 7.65. The van der Waals surface area contributed by atoms with Crippen LogP contribution in [0.15, 0.2) is 0 Å². The molecular formula is C10H23BN2O3. The molecule has 0 fully saturated rings. The van der Waals surface area contributed by atoms with Crippen molar-refractivity contribution in [3.05, 3.63) is 0 Å². The molecule has 0 rings (SSSR count). The van der Waals surface area contributed by atoms with Gasteiger partial charge >= 0.3 is 5.97 Å². The van der Waals surface area contributed by atoms with Gasteiger partial charge in [0.05, 0.1) is 6.10 Å². The Morgan fingerprint density at radius 1 is 1.56 bits per heavy atom. The number of nitrogens with one attached hydrogen (secondary N) is 1. The molecule has 0 aliphatic carbocycles. The first-order chi connectivity index (χ1) is 7.42. The van der Waals surface area contributed by atoms with Crippen LogP contribution < -0.4 is 11.1 Å². The fourth-order valence-electron chi connectivity index (χ4n) is 1.47. The van der Waals surface area contributed by atoms with Gasteiger partial charge in [-0.05, 0) is 13.3 Å². The molecule has 1 unspecified atom stereocenters. The number of rotatable bonds is 9. The fourth-order valence-corrected chi connectivity index (χ4v) is 1.47. The van der Waals surface area contributed by atoms with Crippen LogP contribution in [-0.2, 0) is 4.79 Å². The molecule has 0 aromatic heterocycles. The molecule has 0 aliphatic rings. The SMILES string of the molecule is BCCCCC(N)(CNC[C@@H](C)O)C(=O)O. The van der Waals surface area contributed by atoms with Crippen molar-refractivity contribution in [1.82, 2.24) is 5.32 Å². The first-order valence-electron chi connectivity index (χ1n) is 5.83. The standard InChI is InChI=1S/C10H23BN2O3/c1-8(14)6-13-7-10(12,9(15)16)4-2-3-5-11/h8,13-14H,2-7,11-12H2,1H3,(H,15,16)/t8-,10?/m1/s1. The van der Waals surface area contributed by atoms with E-state index in [4.69, 9.17) is 15.9 Å². The molecule has 0 amide bonds. The summed E-state index contributed by atoms with van der Waals surface area (Å²) in [4.78, 5) is 11.1. The third kappa shape index (κ3) is 6.10. The molecule has 0 bridgehead atoms. The van der Waals surface area contributed by atoms with Crippen LogP contribution in [-0.4, -0.2) is 48.8 Å². The van der Waals surface area contributed by atoms with E-state index >= 15 is 0 Å². The van der Waals surface area contributed by atoms with E-state index in [1.807, 2.05) is 0 Å². The van der Waals surface area contributed by atoms with Gasteiger partial charge in [-0.25, -0.2) is 0 Å². The Labute approximate surface area is 97.8 Å². The highest BCUT2D eigenvalue weighted by Crippen LogP contribution is 2.12. The van der Waals surface area contributed by atoms with Gasteiger partial charge in [0.15, 0.2) is 0 Å². The highest BCUT2D eigenvalue weighted by atomic mass is 16.4. The lowest BCUT2D eigenvalue weighted by molar-refractivity contribution is -0.143. The lowest BCUT2D eigenvalue weighted by Gasteiger charge is -2.25. The number of aliphatic carboxylic acids is 1. The maximum atomic E-state index is 11.1. The van der Waals surface area contributed by atoms with Crippen LogP contribution in [0.25, 0.3) is 0 Å². The lowest BCUT2D eigenvalue weighted by atomic mass is 9.90. The van der Waals surface area contributed by atoms with Crippen molar-refractivity contribution in [3.8, 4) is 0 Å². The number of carbonyl (C=O) groups is 1. The molecule has 0 radical (unpaired) electrons. The van der Waals surface area contributed by atoms with E-state index in [0.717, 1.165) is 19.2 Å². The van der Waals surface area contributed by atoms with E-state index in [-0.39, 0.29) is 6.54 Å². The molecule has 0 aromatic carbocycles. The summed E-state index contributed by atoms with van der Waals surface area (Å²) < 4.78 is 0. The van der Waals surface area contributed by atoms with Gasteiger partial charge < -0.3 is 21.3 Å². The zero-order valence-electron chi connectivity index (χ0n) is 10.2. The Morgan fingerprint density at radius 2 is 2.19 bits per heavy atom. The average molecular weight is 230 g/mol. The molecule has 5 nitrogen and oxygen atoms in total. The van der Waals surface area contributed by atoms with Gasteiger partial charge in [0.2, 0.25) is 0 Å². The third-order valence-electron chi connectivity index (χ3n) is 2.53. The first-order valence-corrected chi connectivity index (χ1v) is 5.83. The maximum Gasteiger partial charge on any atom is 0.325 e. The van der Waals surface area contributed by atoms with Gasteiger partial charge in [0.1, 0.15) is 13.4 Å². The van der Waals surface area contributed by atoms with Crippen molar-refractivity contribution in [1.29, 1.82) is 0 Å². The van der Waals surface area contributed by atoms with Crippen molar-refractivity contribution >= 4 is 13.8 Å². The number of hydrogen-bond acceptors (Lipinski definition) is 4. The predicted octanol–water partition coefficient (Wildman–Crippen LogP) is -1.04. The number of aliphatic hydroxyl groups excluding tert-OH is 1. The van der Waals surface area contributed by atoms with E-state index in [2.05, 4.69) is 13.2 Å². The molecule has 0 saturated carbocycles. The third-order valence-corrected chi connectivity index (χ3v) is 2.53. The minimum atomic E-state index is -1.22. The summed E-state index contributed by atoms with van der Waals surface area (Å²) in [6, 6.07) is 0. The van der Waals surface area contributed by atoms with Gasteiger partial charge in [-0.3, -0.25) is 4.79 Å². The van der Waals surface area contributed by atoms with Crippen molar-refractivity contribution < 1.29 is 15.0 Å². The molecule has 94 valence electrons. The van der Waals surface area contributed by atoms with E-state index in [9.17, 15) is 4.79 Å². The van der Waals surface area contributed by atoms with Crippen LogP contribution in [0.2, 0.25) is 6.32 Å². The van der Waals surface area contributed by atoms with Crippen LogP contribution in [0.5, 0.6) is 0 Å². The van der Waals surface area contributed by atoms with Crippen LogP contribution in [0.1, 0.15) is 26.2 Å². The monoisotopic (exact) mass is 230 g/mol. The van der Waals surface area contributed by atoms with Crippen LogP contribution in [0, 0.1) is 0 Å². The highest BCUT2D eigenvalue weighted by Gasteiger charge is 2.32. The summed E-state index contributed by atoms with van der Waals surface area (Å²) in [6.45, 7) is 2.19. The summed E-state index contributed by atoms with van der Waals surface area (Å²) in [5.74, 6) is -0.985. The van der Waals surface area contributed by atoms with Crippen molar-refractivity contribution in [2.45, 2.75) is 44.1 Å². The van der Waals surface area contributed by atoms with Crippen molar-refractivity contribution in [3.63, 3.8) is 0 Å². The maximum absolute atomic E-state index is 11.1. The molecule has 0 spiro atoms. The zero-order valence-corrected chi connectivity index (χ0v) is 10.2. The zero-order chi connectivity index (χ0) is 12.6. The van der Waals surface area contributed by atoms with E-state index in [1.54, 1.807) is 6.92 Å². The molecule has 16 heavy (non-hydrogen) atoms. The topological polar surface area (TPSA) is 95.6 Å². The summed E-state index contributed by atoms with van der Waals surface area (Å²) in [7, 11) is 2.06. The number of carboxylic acid groups (broad SMARTS) is 1. The van der Waals surface area contributed by atoms with Gasteiger partial charge in [0, 0.05) is 13.1 Å². The number of hydrogen-bond donors (Lipinski definition) is 4. The minimum absolute atomic E-state index is 0.191. The number of unbranched alkanes of at least 4 members (excludes halogenated alkanes) is 1. The highest BCUT2D eigenvalue weighted by molar-refractivity contribution is 6.08. The van der Waals surface area contributed by atoms with Crippen LogP contribution in [0.4, 0.5) is 0 Å². The van der Waals surface area contributed by atoms with Gasteiger partial charge in [-0.2, -0.15) is 0 Å². The Kier molecular flexibility index (Phi) is 7.37. The van der Waals surface area contributed by atoms with Crippen molar-refractivity contribution in [2.24, 2.45) is 5.73 Å². The summed E-state index contributed by atoms with van der Waals surface area (Å²) in [5, 5.41) is 21.0. The summed E-state index contributed by atoms with van der Waals surface area (Å²) >= 11 is 0. The minimum Gasteiger partial charge on any atom is -0.480 e. The second-order valence-electron chi connectivity index (χ2n) is 4.40. The Balaban J connectivity index is 4.06. The van der Waals surface area contributed by atoms with Gasteiger partial charge in [-0.1, -0.05) is 19.2 Å². The van der Waals surface area contributed by atoms with Gasteiger partial charge in [0.25, 0.3) is 0 Å². The second-order valence-corrected chi connectivity index (χ2v) is 4.40. The molecule has 0 saturated heterocycles. The fraction of sp³-hybridized carbons (Fsp3) is 0.900. The lowest BCUT2D eigenvalue weighted by Crippen LogP contribution is -2.55. The average Bonchev–Trinajstić information content (AvgIpc) is 2.17. The molecule has 2 atom stereocenters.